The third-order valence-corrected chi connectivity index (χ3v) is 5.45. The van der Waals surface area contributed by atoms with Crippen molar-refractivity contribution in [3.8, 4) is 11.8 Å². The Balaban J connectivity index is 1.46. The van der Waals surface area contributed by atoms with Crippen molar-refractivity contribution in [2.75, 3.05) is 11.9 Å². The van der Waals surface area contributed by atoms with E-state index in [1.165, 1.54) is 4.68 Å². The average Bonchev–Trinajstić information content (AvgIpc) is 3.24. The molecule has 4 rings (SSSR count). The number of aliphatic hydroxyl groups is 1. The van der Waals surface area contributed by atoms with Crippen molar-refractivity contribution in [1.29, 1.82) is 0 Å². The van der Waals surface area contributed by atoms with E-state index in [4.69, 9.17) is 0 Å². The molecule has 9 nitrogen and oxygen atoms in total. The van der Waals surface area contributed by atoms with Gasteiger partial charge in [0, 0.05) is 37.1 Å². The quantitative estimate of drug-likeness (QED) is 0.580. The first-order valence-corrected chi connectivity index (χ1v) is 11.0. The van der Waals surface area contributed by atoms with Crippen LogP contribution < -0.4 is 10.2 Å². The van der Waals surface area contributed by atoms with Crippen molar-refractivity contribution >= 4 is 17.6 Å². The molecule has 1 aliphatic heterocycles. The monoisotopic (exact) mass is 458 g/mol. The number of aryl methyl sites for hydroxylation is 1. The molecule has 1 aromatic carbocycles. The molecule has 0 bridgehead atoms. The Hall–Kier alpha value is -4.03. The van der Waals surface area contributed by atoms with Crippen molar-refractivity contribution in [3.05, 3.63) is 71.3 Å². The van der Waals surface area contributed by atoms with Crippen molar-refractivity contribution in [3.63, 3.8) is 0 Å². The molecule has 0 saturated heterocycles. The fourth-order valence-electron chi connectivity index (χ4n) is 3.71. The lowest BCUT2D eigenvalue weighted by atomic mass is 10.0. The number of nitrogens with one attached hydrogen (secondary N) is 1. The number of carbonyl (C=O) groups is 2. The first kappa shape index (κ1) is 23.1. The number of aromatic nitrogens is 4. The van der Waals surface area contributed by atoms with Crippen molar-refractivity contribution in [2.24, 2.45) is 0 Å². The average molecular weight is 459 g/mol. The summed E-state index contributed by atoms with van der Waals surface area (Å²) in [6, 6.07) is 8.13. The zero-order chi connectivity index (χ0) is 24.3. The van der Waals surface area contributed by atoms with Crippen LogP contribution in [0.4, 0.5) is 10.5 Å². The van der Waals surface area contributed by atoms with E-state index in [0.29, 0.717) is 24.8 Å². The summed E-state index contributed by atoms with van der Waals surface area (Å²) in [6.07, 6.45) is 6.40. The van der Waals surface area contributed by atoms with Gasteiger partial charge < -0.3 is 15.3 Å². The van der Waals surface area contributed by atoms with E-state index in [9.17, 15) is 14.7 Å². The van der Waals surface area contributed by atoms with Gasteiger partial charge >= 0.3 is 6.03 Å². The second-order valence-electron chi connectivity index (χ2n) is 8.78. The lowest BCUT2D eigenvalue weighted by molar-refractivity contribution is -0.120. The van der Waals surface area contributed by atoms with Gasteiger partial charge in [-0.25, -0.2) is 4.79 Å². The lowest BCUT2D eigenvalue weighted by Gasteiger charge is -2.22. The molecule has 2 N–H and O–H groups in total. The predicted octanol–water partition coefficient (Wildman–Crippen LogP) is 1.92. The second kappa shape index (κ2) is 9.45. The number of rotatable bonds is 3. The third-order valence-electron chi connectivity index (χ3n) is 5.45. The number of amides is 2. The van der Waals surface area contributed by atoms with Crippen LogP contribution in [0, 0.1) is 11.8 Å². The fourth-order valence-corrected chi connectivity index (χ4v) is 3.71. The van der Waals surface area contributed by atoms with Crippen LogP contribution in [0.5, 0.6) is 0 Å². The normalized spacial score (nSPS) is 15.7. The van der Waals surface area contributed by atoms with Gasteiger partial charge in [-0.3, -0.25) is 4.79 Å². The SMILES string of the molecule is CN1C(=O)[C@H](NC(=O)n2cc(Cc3cccnn3)cn2)CCc2ccc(C#CC(C)(C)O)cc21. The van der Waals surface area contributed by atoms with E-state index in [2.05, 4.69) is 32.5 Å². The predicted molar refractivity (Wildman–Crippen MR) is 126 cm³/mol. The summed E-state index contributed by atoms with van der Waals surface area (Å²) in [6.45, 7) is 3.23. The summed E-state index contributed by atoms with van der Waals surface area (Å²) >= 11 is 0. The first-order valence-electron chi connectivity index (χ1n) is 11.0. The summed E-state index contributed by atoms with van der Waals surface area (Å²) in [5.41, 5.74) is 2.92. The minimum atomic E-state index is -1.11. The van der Waals surface area contributed by atoms with Gasteiger partial charge in [0.25, 0.3) is 0 Å². The molecular formula is C25H26N6O3. The van der Waals surface area contributed by atoms with Crippen molar-refractivity contribution in [1.82, 2.24) is 25.3 Å². The smallest absolute Gasteiger partial charge is 0.342 e. The number of hydrogen-bond donors (Lipinski definition) is 2. The Labute approximate surface area is 197 Å². The molecule has 1 atom stereocenters. The highest BCUT2D eigenvalue weighted by atomic mass is 16.3. The van der Waals surface area contributed by atoms with Crippen LogP contribution in [0.1, 0.15) is 42.7 Å². The highest BCUT2D eigenvalue weighted by Crippen LogP contribution is 2.27. The van der Waals surface area contributed by atoms with Crippen LogP contribution in [0.15, 0.2) is 48.9 Å². The Morgan fingerprint density at radius 2 is 2.15 bits per heavy atom. The number of likely N-dealkylation sites (N-methyl/N-ethyl adjacent to an activating group) is 1. The van der Waals surface area contributed by atoms with Crippen molar-refractivity contribution in [2.45, 2.75) is 44.8 Å². The zero-order valence-electron chi connectivity index (χ0n) is 19.3. The minimum absolute atomic E-state index is 0.216. The topological polar surface area (TPSA) is 113 Å². The van der Waals surface area contributed by atoms with Crippen LogP contribution in [0.3, 0.4) is 0 Å². The number of hydrogen-bond acceptors (Lipinski definition) is 6. The molecule has 2 amide bonds. The molecule has 0 saturated carbocycles. The van der Waals surface area contributed by atoms with Gasteiger partial charge in [0.1, 0.15) is 11.6 Å². The van der Waals surface area contributed by atoms with E-state index >= 15 is 0 Å². The van der Waals surface area contributed by atoms with Crippen LogP contribution in [-0.2, 0) is 17.6 Å². The van der Waals surface area contributed by atoms with Gasteiger partial charge in [-0.1, -0.05) is 17.9 Å². The van der Waals surface area contributed by atoms with Gasteiger partial charge in [-0.2, -0.15) is 20.0 Å². The molecule has 3 aromatic rings. The third kappa shape index (κ3) is 5.47. The molecule has 1 aliphatic rings. The van der Waals surface area contributed by atoms with E-state index in [1.807, 2.05) is 24.3 Å². The molecule has 0 fully saturated rings. The van der Waals surface area contributed by atoms with Gasteiger partial charge in [0.2, 0.25) is 5.91 Å². The maximum atomic E-state index is 13.1. The Morgan fingerprint density at radius 3 is 2.88 bits per heavy atom. The summed E-state index contributed by atoms with van der Waals surface area (Å²) in [5, 5.41) is 24.7. The van der Waals surface area contributed by atoms with E-state index in [-0.39, 0.29) is 5.91 Å². The summed E-state index contributed by atoms with van der Waals surface area (Å²) < 4.78 is 1.20. The molecule has 0 aliphatic carbocycles. The van der Waals surface area contributed by atoms with E-state index in [1.54, 1.807) is 50.5 Å². The Kier molecular flexibility index (Phi) is 6.43. The largest absolute Gasteiger partial charge is 0.378 e. The van der Waals surface area contributed by atoms with E-state index < -0.39 is 17.7 Å². The number of nitrogens with zero attached hydrogens (tertiary/aromatic N) is 5. The number of benzene rings is 1. The number of carbonyl (C=O) groups excluding carboxylic acids is 2. The Bertz CT molecular complexity index is 1270. The van der Waals surface area contributed by atoms with Gasteiger partial charge in [0.15, 0.2) is 0 Å². The van der Waals surface area contributed by atoms with Crippen LogP contribution >= 0.6 is 0 Å². The van der Waals surface area contributed by atoms with Gasteiger partial charge in [-0.15, -0.1) is 0 Å². The van der Waals surface area contributed by atoms with Crippen LogP contribution in [0.2, 0.25) is 0 Å². The molecule has 174 valence electrons. The minimum Gasteiger partial charge on any atom is -0.378 e. The molecule has 0 spiro atoms. The second-order valence-corrected chi connectivity index (χ2v) is 8.78. The molecular weight excluding hydrogens is 432 g/mol. The highest BCUT2D eigenvalue weighted by molar-refractivity contribution is 6.00. The molecule has 9 heteroatoms. The first-order chi connectivity index (χ1) is 16.2. The zero-order valence-corrected chi connectivity index (χ0v) is 19.3. The van der Waals surface area contributed by atoms with Gasteiger partial charge in [0.05, 0.1) is 11.9 Å². The van der Waals surface area contributed by atoms with Crippen LogP contribution in [0.25, 0.3) is 0 Å². The molecule has 0 radical (unpaired) electrons. The lowest BCUT2D eigenvalue weighted by Crippen LogP contribution is -2.48. The summed E-state index contributed by atoms with van der Waals surface area (Å²) in [7, 11) is 1.69. The molecule has 0 unspecified atom stereocenters. The van der Waals surface area contributed by atoms with Gasteiger partial charge in [-0.05, 0) is 62.1 Å². The fraction of sp³-hybridized carbons (Fsp3) is 0.320. The maximum Gasteiger partial charge on any atom is 0.342 e. The molecule has 3 heterocycles. The highest BCUT2D eigenvalue weighted by Gasteiger charge is 2.30. The Morgan fingerprint density at radius 1 is 1.32 bits per heavy atom. The van der Waals surface area contributed by atoms with Crippen molar-refractivity contribution < 1.29 is 14.7 Å². The van der Waals surface area contributed by atoms with Crippen LogP contribution in [-0.4, -0.2) is 55.7 Å². The maximum absolute atomic E-state index is 13.1. The number of anilines is 1. The number of fused-ring (bicyclic) bond motifs is 1. The summed E-state index contributed by atoms with van der Waals surface area (Å²) in [5.74, 6) is 5.52. The summed E-state index contributed by atoms with van der Waals surface area (Å²) in [4.78, 5) is 27.5. The molecule has 2 aromatic heterocycles. The molecule has 34 heavy (non-hydrogen) atoms. The standard InChI is InChI=1S/C25H26N6O3/c1-25(2,34)11-10-17-6-7-19-8-9-21(23(32)30(3)22(19)14-17)28-24(33)31-16-18(15-27-31)13-20-5-4-12-26-29-20/h4-7,12,14-16,21,34H,8-9,13H2,1-3H3,(H,28,33)/t21-/m1/s1. The van der Waals surface area contributed by atoms with E-state index in [0.717, 1.165) is 22.5 Å².